The Hall–Kier alpha value is -3.02. The predicted molar refractivity (Wildman–Crippen MR) is 96.9 cm³/mol. The largest absolute Gasteiger partial charge is 0.493 e. The van der Waals surface area contributed by atoms with Crippen LogP contribution >= 0.6 is 0 Å². The van der Waals surface area contributed by atoms with Gasteiger partial charge in [-0.15, -0.1) is 0 Å². The first kappa shape index (κ1) is 17.8. The van der Waals surface area contributed by atoms with Crippen molar-refractivity contribution in [3.8, 4) is 11.5 Å². The number of methoxy groups -OCH3 is 2. The number of anilines is 1. The van der Waals surface area contributed by atoms with Gasteiger partial charge in [0.25, 0.3) is 5.91 Å². The number of amides is 1. The van der Waals surface area contributed by atoms with Gasteiger partial charge in [-0.1, -0.05) is 18.2 Å². The second-order valence-corrected chi connectivity index (χ2v) is 5.99. The van der Waals surface area contributed by atoms with Crippen molar-refractivity contribution >= 4 is 17.6 Å². The first-order chi connectivity index (χ1) is 12.5. The molecule has 1 aliphatic heterocycles. The van der Waals surface area contributed by atoms with Crippen molar-refractivity contribution in [2.75, 3.05) is 25.7 Å². The predicted octanol–water partition coefficient (Wildman–Crippen LogP) is 2.84. The molecule has 0 spiro atoms. The molecule has 3 rings (SSSR count). The number of rotatable bonds is 5. The van der Waals surface area contributed by atoms with E-state index in [-0.39, 0.29) is 5.91 Å². The standard InChI is InChI=1S/C20H21NO5/c1-13(19(22)21-11-10-14-6-4-5-7-16(14)21)26-17-9-8-15(20(23)25-3)12-18(17)24-2/h4-9,12-13H,10-11H2,1-3H3/t13-/m1/s1. The van der Waals surface area contributed by atoms with Crippen LogP contribution in [0.2, 0.25) is 0 Å². The highest BCUT2D eigenvalue weighted by Crippen LogP contribution is 2.31. The number of esters is 1. The van der Waals surface area contributed by atoms with E-state index in [4.69, 9.17) is 14.2 Å². The van der Waals surface area contributed by atoms with Gasteiger partial charge in [-0.3, -0.25) is 4.79 Å². The van der Waals surface area contributed by atoms with Crippen LogP contribution in [0.5, 0.6) is 11.5 Å². The molecule has 136 valence electrons. The Kier molecular flexibility index (Phi) is 5.11. The summed E-state index contributed by atoms with van der Waals surface area (Å²) in [5.74, 6) is 0.185. The fourth-order valence-electron chi connectivity index (χ4n) is 3.04. The quantitative estimate of drug-likeness (QED) is 0.772. The number of carbonyl (C=O) groups is 2. The van der Waals surface area contributed by atoms with Gasteiger partial charge < -0.3 is 19.1 Å². The lowest BCUT2D eigenvalue weighted by molar-refractivity contribution is -0.124. The van der Waals surface area contributed by atoms with Crippen LogP contribution in [0.3, 0.4) is 0 Å². The average Bonchev–Trinajstić information content (AvgIpc) is 3.11. The maximum atomic E-state index is 12.8. The Bertz CT molecular complexity index is 833. The SMILES string of the molecule is COC(=O)c1ccc(O[C@H](C)C(=O)N2CCc3ccccc32)c(OC)c1. The third kappa shape index (κ3) is 3.35. The zero-order chi connectivity index (χ0) is 18.7. The highest BCUT2D eigenvalue weighted by molar-refractivity contribution is 5.98. The van der Waals surface area contributed by atoms with Crippen LogP contribution in [0.25, 0.3) is 0 Å². The monoisotopic (exact) mass is 355 g/mol. The average molecular weight is 355 g/mol. The molecule has 1 heterocycles. The Morgan fingerprint density at radius 1 is 1.08 bits per heavy atom. The van der Waals surface area contributed by atoms with Crippen molar-refractivity contribution < 1.29 is 23.8 Å². The number of nitrogens with zero attached hydrogens (tertiary/aromatic N) is 1. The van der Waals surface area contributed by atoms with E-state index in [0.717, 1.165) is 17.7 Å². The van der Waals surface area contributed by atoms with Crippen molar-refractivity contribution in [3.05, 3.63) is 53.6 Å². The molecule has 6 heteroatoms. The number of carbonyl (C=O) groups excluding carboxylic acids is 2. The number of benzene rings is 2. The van der Waals surface area contributed by atoms with Gasteiger partial charge in [0.05, 0.1) is 19.8 Å². The summed E-state index contributed by atoms with van der Waals surface area (Å²) in [4.78, 5) is 26.2. The summed E-state index contributed by atoms with van der Waals surface area (Å²) < 4.78 is 15.8. The Morgan fingerprint density at radius 2 is 1.85 bits per heavy atom. The van der Waals surface area contributed by atoms with Gasteiger partial charge in [-0.25, -0.2) is 4.79 Å². The van der Waals surface area contributed by atoms with Crippen LogP contribution in [-0.4, -0.2) is 38.7 Å². The molecule has 2 aromatic carbocycles. The second kappa shape index (κ2) is 7.47. The molecular formula is C20H21NO5. The van der Waals surface area contributed by atoms with Gasteiger partial charge in [-0.2, -0.15) is 0 Å². The normalized spacial score (nSPS) is 13.7. The van der Waals surface area contributed by atoms with Crippen molar-refractivity contribution in [2.45, 2.75) is 19.4 Å². The molecule has 1 atom stereocenters. The summed E-state index contributed by atoms with van der Waals surface area (Å²) in [6, 6.07) is 12.6. The Morgan fingerprint density at radius 3 is 2.58 bits per heavy atom. The maximum absolute atomic E-state index is 12.8. The molecule has 26 heavy (non-hydrogen) atoms. The lowest BCUT2D eigenvalue weighted by atomic mass is 10.2. The van der Waals surface area contributed by atoms with E-state index in [1.165, 1.54) is 20.3 Å². The molecule has 6 nitrogen and oxygen atoms in total. The summed E-state index contributed by atoms with van der Waals surface area (Å²) in [6.07, 6.45) is 0.144. The summed E-state index contributed by atoms with van der Waals surface area (Å²) in [5, 5.41) is 0. The third-order valence-electron chi connectivity index (χ3n) is 4.39. The number of hydrogen-bond acceptors (Lipinski definition) is 5. The Labute approximate surface area is 152 Å². The molecule has 0 aromatic heterocycles. The van der Waals surface area contributed by atoms with Crippen LogP contribution in [-0.2, 0) is 16.0 Å². The minimum absolute atomic E-state index is 0.117. The van der Waals surface area contributed by atoms with Gasteiger partial charge >= 0.3 is 5.97 Å². The van der Waals surface area contributed by atoms with E-state index < -0.39 is 12.1 Å². The highest BCUT2D eigenvalue weighted by atomic mass is 16.5. The molecule has 0 radical (unpaired) electrons. The summed E-state index contributed by atoms with van der Waals surface area (Å²) in [6.45, 7) is 2.35. The molecule has 0 bridgehead atoms. The second-order valence-electron chi connectivity index (χ2n) is 5.99. The van der Waals surface area contributed by atoms with Crippen molar-refractivity contribution in [1.82, 2.24) is 0 Å². The fraction of sp³-hybridized carbons (Fsp3) is 0.300. The number of fused-ring (bicyclic) bond motifs is 1. The van der Waals surface area contributed by atoms with Gasteiger partial charge in [-0.05, 0) is 43.2 Å². The first-order valence-electron chi connectivity index (χ1n) is 8.37. The number of para-hydroxylation sites is 1. The van der Waals surface area contributed by atoms with E-state index in [9.17, 15) is 9.59 Å². The minimum atomic E-state index is -0.695. The lowest BCUT2D eigenvalue weighted by Gasteiger charge is -2.23. The topological polar surface area (TPSA) is 65.1 Å². The summed E-state index contributed by atoms with van der Waals surface area (Å²) >= 11 is 0. The molecule has 1 amide bonds. The first-order valence-corrected chi connectivity index (χ1v) is 8.37. The van der Waals surface area contributed by atoms with Crippen molar-refractivity contribution in [2.24, 2.45) is 0 Å². The van der Waals surface area contributed by atoms with E-state index >= 15 is 0 Å². The molecule has 0 saturated heterocycles. The molecule has 0 saturated carbocycles. The molecule has 0 N–H and O–H groups in total. The third-order valence-corrected chi connectivity index (χ3v) is 4.39. The number of ether oxygens (including phenoxy) is 3. The smallest absolute Gasteiger partial charge is 0.337 e. The van der Waals surface area contributed by atoms with Crippen LogP contribution in [0.15, 0.2) is 42.5 Å². The van der Waals surface area contributed by atoms with E-state index in [1.54, 1.807) is 24.0 Å². The minimum Gasteiger partial charge on any atom is -0.493 e. The fourth-order valence-corrected chi connectivity index (χ4v) is 3.04. The van der Waals surface area contributed by atoms with Crippen LogP contribution in [0.1, 0.15) is 22.8 Å². The zero-order valence-electron chi connectivity index (χ0n) is 15.0. The van der Waals surface area contributed by atoms with Crippen LogP contribution in [0, 0.1) is 0 Å². The number of hydrogen-bond donors (Lipinski definition) is 0. The van der Waals surface area contributed by atoms with Gasteiger partial charge in [0.15, 0.2) is 17.6 Å². The molecular weight excluding hydrogens is 334 g/mol. The lowest BCUT2D eigenvalue weighted by Crippen LogP contribution is -2.39. The zero-order valence-corrected chi connectivity index (χ0v) is 15.0. The Balaban J connectivity index is 1.77. The maximum Gasteiger partial charge on any atom is 0.337 e. The molecule has 0 fully saturated rings. The molecule has 1 aliphatic rings. The van der Waals surface area contributed by atoms with Crippen molar-refractivity contribution in [3.63, 3.8) is 0 Å². The van der Waals surface area contributed by atoms with Crippen LogP contribution in [0.4, 0.5) is 5.69 Å². The molecule has 0 aliphatic carbocycles. The van der Waals surface area contributed by atoms with Crippen molar-refractivity contribution in [1.29, 1.82) is 0 Å². The highest BCUT2D eigenvalue weighted by Gasteiger charge is 2.29. The van der Waals surface area contributed by atoms with E-state index in [0.29, 0.717) is 23.6 Å². The van der Waals surface area contributed by atoms with Gasteiger partial charge in [0, 0.05) is 12.2 Å². The summed E-state index contributed by atoms with van der Waals surface area (Å²) in [5.41, 5.74) is 2.44. The van der Waals surface area contributed by atoms with Gasteiger partial charge in [0.2, 0.25) is 0 Å². The van der Waals surface area contributed by atoms with Crippen LogP contribution < -0.4 is 14.4 Å². The molecule has 2 aromatic rings. The molecule has 0 unspecified atom stereocenters. The van der Waals surface area contributed by atoms with E-state index in [2.05, 4.69) is 0 Å². The van der Waals surface area contributed by atoms with Gasteiger partial charge in [0.1, 0.15) is 0 Å². The summed E-state index contributed by atoms with van der Waals surface area (Å²) in [7, 11) is 2.79. The van der Waals surface area contributed by atoms with E-state index in [1.807, 2.05) is 24.3 Å².